The van der Waals surface area contributed by atoms with Crippen LogP contribution in [-0.2, 0) is 18.6 Å². The topological polar surface area (TPSA) is 24.7 Å². The van der Waals surface area contributed by atoms with Gasteiger partial charge in [0.05, 0.1) is 0 Å². The molecule has 0 N–H and O–H groups in total. The molecule has 40 heavy (non-hydrogen) atoms. The van der Waals surface area contributed by atoms with E-state index in [-0.39, 0.29) is 0 Å². The first-order valence-electron chi connectivity index (χ1n) is 13.5. The van der Waals surface area contributed by atoms with Crippen LogP contribution in [0.1, 0.15) is 0 Å². The summed E-state index contributed by atoms with van der Waals surface area (Å²) in [4.78, 5) is 0. The molecule has 0 radical (unpaired) electrons. The molecule has 0 aliphatic heterocycles. The van der Waals surface area contributed by atoms with E-state index in [4.69, 9.17) is 26.0 Å². The first-order chi connectivity index (χ1) is 18.9. The van der Waals surface area contributed by atoms with Crippen molar-refractivity contribution in [3.8, 4) is 0 Å². The molecule has 0 saturated heterocycles. The number of rotatable bonds is 8. The van der Waals surface area contributed by atoms with Crippen molar-refractivity contribution < 1.29 is 18.6 Å². The molecule has 4 aromatic carbocycles. The molecular weight excluding hydrogens is 768 g/mol. The Hall–Kier alpha value is -0.906. The maximum atomic E-state index is 7.58. The van der Waals surface area contributed by atoms with Gasteiger partial charge in [-0.15, -0.1) is 0 Å². The van der Waals surface area contributed by atoms with Crippen molar-refractivity contribution in [2.24, 2.45) is 8.82 Å². The van der Waals surface area contributed by atoms with Crippen molar-refractivity contribution in [2.45, 2.75) is 39.3 Å². The Labute approximate surface area is 257 Å². The number of nitrogens with zero attached hydrogens (tertiary/aromatic N) is 2. The molecule has 0 atom stereocenters. The van der Waals surface area contributed by atoms with Gasteiger partial charge in [0.25, 0.3) is 0 Å². The number of hydrogen-bond acceptors (Lipinski definition) is 2. The van der Waals surface area contributed by atoms with Crippen LogP contribution in [0.5, 0.6) is 0 Å². The summed E-state index contributed by atoms with van der Waals surface area (Å²) in [6.45, 7) is 14.0. The molecular formula is C31H38Cl2HfN2P2Si2. The minimum absolute atomic E-state index is 1.23. The number of benzene rings is 4. The average Bonchev–Trinajstić information content (AvgIpc) is 2.92. The molecule has 4 rings (SSSR count). The van der Waals surface area contributed by atoms with Crippen LogP contribution in [0.2, 0.25) is 39.3 Å². The fraction of sp³-hybridized carbons (Fsp3) is 0.194. The molecule has 0 spiro atoms. The Morgan fingerprint density at radius 2 is 0.700 bits per heavy atom. The monoisotopic (exact) mass is 806 g/mol. The van der Waals surface area contributed by atoms with Crippen molar-refractivity contribution >= 4 is 71.7 Å². The molecule has 0 heterocycles. The Bertz CT molecular complexity index is 1380. The first kappa shape index (κ1) is 32.0. The SMILES string of the molecule is C[Si](C)(C)N=P([C](=[Hf]([Cl])[Cl])P(=N[Si](C)(C)C)(c1ccccc1)c1ccccc1)(c1ccccc1)c1ccccc1. The van der Waals surface area contributed by atoms with E-state index in [2.05, 4.69) is 161 Å². The molecule has 2 nitrogen and oxygen atoms in total. The molecule has 0 saturated carbocycles. The molecule has 4 aromatic rings. The summed E-state index contributed by atoms with van der Waals surface area (Å²) < 4.78 is 13.3. The van der Waals surface area contributed by atoms with Gasteiger partial charge in [-0.1, -0.05) is 0 Å². The molecule has 0 fully saturated rings. The van der Waals surface area contributed by atoms with E-state index in [1.807, 2.05) is 0 Å². The van der Waals surface area contributed by atoms with Crippen molar-refractivity contribution in [2.75, 3.05) is 0 Å². The van der Waals surface area contributed by atoms with Gasteiger partial charge in [0.1, 0.15) is 0 Å². The predicted octanol–water partition coefficient (Wildman–Crippen LogP) is 9.37. The van der Waals surface area contributed by atoms with E-state index < -0.39 is 49.2 Å². The zero-order valence-electron chi connectivity index (χ0n) is 24.1. The van der Waals surface area contributed by atoms with E-state index >= 15 is 0 Å². The Morgan fingerprint density at radius 1 is 0.475 bits per heavy atom. The summed E-state index contributed by atoms with van der Waals surface area (Å²) in [7, 11) is 5.83. The molecule has 0 bridgehead atoms. The minimum atomic E-state index is -3.53. The van der Waals surface area contributed by atoms with Crippen LogP contribution in [0.3, 0.4) is 0 Å². The van der Waals surface area contributed by atoms with Crippen LogP contribution in [-0.4, -0.2) is 19.2 Å². The summed E-state index contributed by atoms with van der Waals surface area (Å²) in [5.74, 6) is 0. The molecule has 0 aliphatic rings. The zero-order valence-corrected chi connectivity index (χ0v) is 33.0. The maximum absolute atomic E-state index is 7.58. The van der Waals surface area contributed by atoms with Crippen molar-refractivity contribution in [1.82, 2.24) is 0 Å². The molecule has 9 heteroatoms. The predicted molar refractivity (Wildman–Crippen MR) is 186 cm³/mol. The quantitative estimate of drug-likeness (QED) is 0.125. The van der Waals surface area contributed by atoms with Crippen molar-refractivity contribution in [1.29, 1.82) is 0 Å². The third kappa shape index (κ3) is 7.00. The summed E-state index contributed by atoms with van der Waals surface area (Å²) in [6.07, 6.45) is 0. The molecule has 0 aromatic heterocycles. The molecule has 0 aliphatic carbocycles. The van der Waals surface area contributed by atoms with Gasteiger partial charge in [0.2, 0.25) is 0 Å². The van der Waals surface area contributed by atoms with Crippen molar-refractivity contribution in [3.05, 3.63) is 121 Å². The summed E-state index contributed by atoms with van der Waals surface area (Å²) in [6, 6.07) is 43.5. The molecule has 0 amide bonds. The van der Waals surface area contributed by atoms with Crippen LogP contribution in [0.25, 0.3) is 0 Å². The van der Waals surface area contributed by atoms with Gasteiger partial charge < -0.3 is 0 Å². The van der Waals surface area contributed by atoms with Crippen molar-refractivity contribution in [3.63, 3.8) is 0 Å². The van der Waals surface area contributed by atoms with Crippen LogP contribution in [0.4, 0.5) is 0 Å². The second-order valence-electron chi connectivity index (χ2n) is 11.7. The third-order valence-electron chi connectivity index (χ3n) is 6.20. The Morgan fingerprint density at radius 3 is 0.875 bits per heavy atom. The molecule has 0 unspecified atom stereocenters. The zero-order chi connectivity index (χ0) is 29.0. The fourth-order valence-electron chi connectivity index (χ4n) is 5.04. The van der Waals surface area contributed by atoms with E-state index in [1.165, 1.54) is 24.0 Å². The van der Waals surface area contributed by atoms with Gasteiger partial charge >= 0.3 is 260 Å². The standard InChI is InChI=1S/C31H38N2P2Si2.2ClH.Hf/c1-36(2,3)32-34(28-19-11-7-12-20-28,29-21-13-8-14-22-29)27-35(33-37(4,5)6,30-23-15-9-16-24-30)31-25-17-10-18-26-31;;;/h7-26H,1-6H3;2*1H;/q;;;+2/p-2. The van der Waals surface area contributed by atoms with E-state index in [1.54, 1.807) is 0 Å². The van der Waals surface area contributed by atoms with E-state index in [9.17, 15) is 0 Å². The van der Waals surface area contributed by atoms with Crippen LogP contribution in [0.15, 0.2) is 130 Å². The average molecular weight is 806 g/mol. The Kier molecular flexibility index (Phi) is 10.5. The Balaban J connectivity index is 2.41. The van der Waals surface area contributed by atoms with Gasteiger partial charge in [0.15, 0.2) is 0 Å². The van der Waals surface area contributed by atoms with Crippen LogP contribution < -0.4 is 21.2 Å². The number of halogens is 2. The third-order valence-corrected chi connectivity index (χ3v) is 39.8. The van der Waals surface area contributed by atoms with Gasteiger partial charge in [-0.3, -0.25) is 0 Å². The van der Waals surface area contributed by atoms with Gasteiger partial charge in [-0.25, -0.2) is 0 Å². The first-order valence-corrected chi connectivity index (χ1v) is 34.5. The van der Waals surface area contributed by atoms with E-state index in [0.29, 0.717) is 0 Å². The van der Waals surface area contributed by atoms with Gasteiger partial charge in [-0.2, -0.15) is 0 Å². The summed E-state index contributed by atoms with van der Waals surface area (Å²) in [5.41, 5.74) is 0. The second kappa shape index (κ2) is 13.2. The van der Waals surface area contributed by atoms with Crippen LogP contribution in [0, 0.1) is 0 Å². The summed E-state index contributed by atoms with van der Waals surface area (Å²) in [5, 5.41) is 4.91. The molecule has 208 valence electrons. The van der Waals surface area contributed by atoms with Gasteiger partial charge in [0, 0.05) is 0 Å². The summed E-state index contributed by atoms with van der Waals surface area (Å²) >= 11 is -3.53. The normalized spacial score (nSPS) is 12.5. The van der Waals surface area contributed by atoms with Gasteiger partial charge in [-0.05, 0) is 0 Å². The fourth-order valence-corrected chi connectivity index (χ4v) is 49.3. The number of hydrogen-bond donors (Lipinski definition) is 0. The second-order valence-corrected chi connectivity index (χ2v) is 42.3. The van der Waals surface area contributed by atoms with E-state index in [0.717, 1.165) is 0 Å². The van der Waals surface area contributed by atoms with Crippen LogP contribution >= 0.6 is 31.3 Å².